The molecule has 0 saturated heterocycles. The molecule has 2 aromatic rings. The molecule has 2 amide bonds. The van der Waals surface area contributed by atoms with Gasteiger partial charge in [0.1, 0.15) is 5.75 Å². The van der Waals surface area contributed by atoms with Gasteiger partial charge in [0.25, 0.3) is 0 Å². The number of carbonyl (C=O) groups is 2. The van der Waals surface area contributed by atoms with Gasteiger partial charge in [-0.25, -0.2) is 0 Å². The molecular weight excluding hydrogens is 340 g/mol. The number of carbonyl (C=O) groups excluding carboxylic acids is 2. The fourth-order valence-electron chi connectivity index (χ4n) is 2.24. The van der Waals surface area contributed by atoms with E-state index in [0.717, 1.165) is 11.3 Å². The molecule has 25 heavy (non-hydrogen) atoms. The Bertz CT molecular complexity index is 762. The van der Waals surface area contributed by atoms with E-state index in [1.807, 2.05) is 31.2 Å². The van der Waals surface area contributed by atoms with Crippen molar-refractivity contribution in [2.45, 2.75) is 26.7 Å². The van der Waals surface area contributed by atoms with Crippen molar-refractivity contribution in [3.8, 4) is 5.75 Å². The second-order valence-corrected chi connectivity index (χ2v) is 6.10. The van der Waals surface area contributed by atoms with Gasteiger partial charge in [0, 0.05) is 19.0 Å². The maximum absolute atomic E-state index is 12.0. The van der Waals surface area contributed by atoms with E-state index in [4.69, 9.17) is 16.3 Å². The molecule has 0 aromatic heterocycles. The van der Waals surface area contributed by atoms with Crippen molar-refractivity contribution in [1.29, 1.82) is 0 Å². The Labute approximate surface area is 152 Å². The summed E-state index contributed by atoms with van der Waals surface area (Å²) in [6.45, 7) is 3.87. The molecule has 132 valence electrons. The fraction of sp³-hybridized carbons (Fsp3) is 0.263. The molecule has 0 spiro atoms. The molecule has 0 bridgehead atoms. The molecule has 0 radical (unpaired) electrons. The average Bonchev–Trinajstić information content (AvgIpc) is 2.54. The smallest absolute Gasteiger partial charge is 0.224 e. The average molecular weight is 361 g/mol. The minimum atomic E-state index is -0.223. The summed E-state index contributed by atoms with van der Waals surface area (Å²) >= 11 is 6.00. The highest BCUT2D eigenvalue weighted by Gasteiger charge is 2.07. The molecule has 2 aromatic carbocycles. The zero-order valence-corrected chi connectivity index (χ0v) is 15.0. The zero-order chi connectivity index (χ0) is 18.2. The zero-order valence-electron chi connectivity index (χ0n) is 14.3. The molecule has 0 aliphatic heterocycles. The summed E-state index contributed by atoms with van der Waals surface area (Å²) in [6, 6.07) is 12.7. The highest BCUT2D eigenvalue weighted by atomic mass is 35.5. The van der Waals surface area contributed by atoms with Gasteiger partial charge in [-0.05, 0) is 49.2 Å². The number of aryl methyl sites for hydroxylation is 1. The molecule has 0 aliphatic carbocycles. The highest BCUT2D eigenvalue weighted by molar-refractivity contribution is 6.33. The number of ether oxygens (including phenoxy) is 1. The van der Waals surface area contributed by atoms with Crippen molar-refractivity contribution < 1.29 is 14.3 Å². The van der Waals surface area contributed by atoms with Crippen molar-refractivity contribution in [2.24, 2.45) is 0 Å². The third kappa shape index (κ3) is 6.47. The number of amides is 2. The Balaban J connectivity index is 1.79. The van der Waals surface area contributed by atoms with Crippen LogP contribution in [0.4, 0.5) is 11.4 Å². The van der Waals surface area contributed by atoms with Crippen LogP contribution in [0.1, 0.15) is 25.3 Å². The first-order chi connectivity index (χ1) is 11.9. The van der Waals surface area contributed by atoms with Gasteiger partial charge in [-0.15, -0.1) is 0 Å². The Morgan fingerprint density at radius 2 is 1.92 bits per heavy atom. The number of benzene rings is 2. The maximum Gasteiger partial charge on any atom is 0.224 e. The van der Waals surface area contributed by atoms with E-state index >= 15 is 0 Å². The van der Waals surface area contributed by atoms with Crippen LogP contribution in [-0.2, 0) is 9.59 Å². The summed E-state index contributed by atoms with van der Waals surface area (Å²) in [6.07, 6.45) is 0.940. The van der Waals surface area contributed by atoms with E-state index in [0.29, 0.717) is 35.8 Å². The van der Waals surface area contributed by atoms with Gasteiger partial charge in [-0.1, -0.05) is 23.7 Å². The van der Waals surface area contributed by atoms with E-state index in [9.17, 15) is 9.59 Å². The van der Waals surface area contributed by atoms with Gasteiger partial charge in [0.15, 0.2) is 0 Å². The van der Waals surface area contributed by atoms with Crippen LogP contribution < -0.4 is 15.4 Å². The van der Waals surface area contributed by atoms with Crippen LogP contribution in [0.15, 0.2) is 42.5 Å². The molecule has 0 atom stereocenters. The Kier molecular flexibility index (Phi) is 6.83. The first kappa shape index (κ1) is 18.8. The molecule has 0 fully saturated rings. The number of anilines is 2. The van der Waals surface area contributed by atoms with Crippen LogP contribution in [0.25, 0.3) is 0 Å². The lowest BCUT2D eigenvalue weighted by Gasteiger charge is -2.10. The third-order valence-corrected chi connectivity index (χ3v) is 3.70. The summed E-state index contributed by atoms with van der Waals surface area (Å²) in [7, 11) is 0. The number of hydrogen-bond acceptors (Lipinski definition) is 3. The minimum Gasteiger partial charge on any atom is -0.494 e. The van der Waals surface area contributed by atoms with Gasteiger partial charge in [-0.3, -0.25) is 9.59 Å². The normalized spacial score (nSPS) is 10.2. The lowest BCUT2D eigenvalue weighted by molar-refractivity contribution is -0.116. The van der Waals surface area contributed by atoms with E-state index in [1.54, 1.807) is 18.2 Å². The second-order valence-electron chi connectivity index (χ2n) is 5.69. The third-order valence-electron chi connectivity index (χ3n) is 3.37. The largest absolute Gasteiger partial charge is 0.494 e. The molecule has 2 N–H and O–H groups in total. The van der Waals surface area contributed by atoms with E-state index < -0.39 is 0 Å². The van der Waals surface area contributed by atoms with E-state index in [1.165, 1.54) is 6.92 Å². The van der Waals surface area contributed by atoms with Crippen LogP contribution in [-0.4, -0.2) is 18.4 Å². The van der Waals surface area contributed by atoms with E-state index in [2.05, 4.69) is 10.6 Å². The van der Waals surface area contributed by atoms with E-state index in [-0.39, 0.29) is 11.8 Å². The number of nitrogens with one attached hydrogen (secondary N) is 2. The Morgan fingerprint density at radius 1 is 1.12 bits per heavy atom. The molecular formula is C19H21ClN2O3. The Morgan fingerprint density at radius 3 is 2.64 bits per heavy atom. The Hall–Kier alpha value is -2.53. The second kappa shape index (κ2) is 9.08. The predicted octanol–water partition coefficient (Wildman–Crippen LogP) is 4.40. The van der Waals surface area contributed by atoms with Gasteiger partial charge in [0.05, 0.1) is 17.3 Å². The molecule has 0 unspecified atom stereocenters. The molecule has 6 heteroatoms. The van der Waals surface area contributed by atoms with Crippen molar-refractivity contribution in [3.05, 3.63) is 53.1 Å². The first-order valence-electron chi connectivity index (χ1n) is 8.00. The lowest BCUT2D eigenvalue weighted by Crippen LogP contribution is -2.13. The lowest BCUT2D eigenvalue weighted by atomic mass is 10.2. The van der Waals surface area contributed by atoms with Crippen LogP contribution in [0.3, 0.4) is 0 Å². The fourth-order valence-corrected chi connectivity index (χ4v) is 2.40. The molecule has 0 aliphatic rings. The summed E-state index contributed by atoms with van der Waals surface area (Å²) in [4.78, 5) is 23.1. The van der Waals surface area contributed by atoms with Crippen LogP contribution in [0, 0.1) is 6.92 Å². The molecule has 0 heterocycles. The summed E-state index contributed by atoms with van der Waals surface area (Å²) in [5.74, 6) is 0.459. The van der Waals surface area contributed by atoms with Crippen molar-refractivity contribution in [1.82, 2.24) is 0 Å². The van der Waals surface area contributed by atoms with Crippen molar-refractivity contribution >= 4 is 34.8 Å². The standard InChI is InChI=1S/C19H21ClN2O3/c1-13-5-3-6-16(11-13)25-10-4-7-19(24)22-15-8-9-17(20)18(12-15)21-14(2)23/h3,5-6,8-9,11-12H,4,7,10H2,1-2H3,(H,21,23)(H,22,24). The van der Waals surface area contributed by atoms with Crippen molar-refractivity contribution in [3.63, 3.8) is 0 Å². The first-order valence-corrected chi connectivity index (χ1v) is 8.38. The van der Waals surface area contributed by atoms with Crippen LogP contribution in [0.5, 0.6) is 5.75 Å². The molecule has 2 rings (SSSR count). The predicted molar refractivity (Wildman–Crippen MR) is 100 cm³/mol. The van der Waals surface area contributed by atoms with Gasteiger partial charge in [0.2, 0.25) is 11.8 Å². The van der Waals surface area contributed by atoms with Gasteiger partial charge in [-0.2, -0.15) is 0 Å². The molecule has 0 saturated carbocycles. The monoisotopic (exact) mass is 360 g/mol. The maximum atomic E-state index is 12.0. The summed E-state index contributed by atoms with van der Waals surface area (Å²) < 4.78 is 5.62. The number of hydrogen-bond donors (Lipinski definition) is 2. The minimum absolute atomic E-state index is 0.121. The van der Waals surface area contributed by atoms with Crippen LogP contribution in [0.2, 0.25) is 5.02 Å². The van der Waals surface area contributed by atoms with Gasteiger partial charge < -0.3 is 15.4 Å². The number of rotatable bonds is 7. The SMILES string of the molecule is CC(=O)Nc1cc(NC(=O)CCCOc2cccc(C)c2)ccc1Cl. The summed E-state index contributed by atoms with van der Waals surface area (Å²) in [5.41, 5.74) is 2.18. The quantitative estimate of drug-likeness (QED) is 0.719. The van der Waals surface area contributed by atoms with Crippen molar-refractivity contribution in [2.75, 3.05) is 17.2 Å². The van der Waals surface area contributed by atoms with Crippen LogP contribution >= 0.6 is 11.6 Å². The van der Waals surface area contributed by atoms with Gasteiger partial charge >= 0.3 is 0 Å². The highest BCUT2D eigenvalue weighted by Crippen LogP contribution is 2.25. The summed E-state index contributed by atoms with van der Waals surface area (Å²) in [5, 5.41) is 5.82. The number of halogens is 1. The topological polar surface area (TPSA) is 67.4 Å². The molecule has 5 nitrogen and oxygen atoms in total.